The van der Waals surface area contributed by atoms with Crippen molar-refractivity contribution in [3.63, 3.8) is 0 Å². The lowest BCUT2D eigenvalue weighted by molar-refractivity contribution is -0.205. The zero-order chi connectivity index (χ0) is 25.5. The summed E-state index contributed by atoms with van der Waals surface area (Å²) < 4.78 is 60.3. The van der Waals surface area contributed by atoms with Crippen LogP contribution < -0.4 is 5.43 Å². The largest absolute Gasteiger partial charge is 0.393 e. The number of aliphatic hydroxyl groups is 2. The van der Waals surface area contributed by atoms with Gasteiger partial charge in [0.15, 0.2) is 5.60 Å². The summed E-state index contributed by atoms with van der Waals surface area (Å²) in [5.74, 6) is -6.32. The highest BCUT2D eigenvalue weighted by molar-refractivity contribution is 5.55. The van der Waals surface area contributed by atoms with Crippen LogP contribution in [0.3, 0.4) is 0 Å². The molecule has 3 atom stereocenters. The summed E-state index contributed by atoms with van der Waals surface area (Å²) in [6.07, 6.45) is 3.32. The summed E-state index contributed by atoms with van der Waals surface area (Å²) in [5, 5.41) is 24.8. The van der Waals surface area contributed by atoms with Gasteiger partial charge in [-0.2, -0.15) is 13.9 Å². The van der Waals surface area contributed by atoms with E-state index in [-0.39, 0.29) is 6.04 Å². The number of nitrogens with zero attached hydrogens (tertiary/aromatic N) is 3. The highest BCUT2D eigenvalue weighted by atomic mass is 19.3. The van der Waals surface area contributed by atoms with Crippen LogP contribution in [-0.4, -0.2) is 52.2 Å². The Hall–Kier alpha value is -2.72. The van der Waals surface area contributed by atoms with Gasteiger partial charge in [-0.05, 0) is 56.9 Å². The molecular weight excluding hydrogens is 452 g/mol. The predicted molar refractivity (Wildman–Crippen MR) is 122 cm³/mol. The van der Waals surface area contributed by atoms with E-state index >= 15 is 8.78 Å². The number of aliphatic hydroxyl groups excluding tert-OH is 1. The molecule has 34 heavy (non-hydrogen) atoms. The Balaban J connectivity index is 2.58. The van der Waals surface area contributed by atoms with Crippen LogP contribution in [0.4, 0.5) is 17.6 Å². The Kier molecular flexibility index (Phi) is 9.40. The second-order valence-corrected chi connectivity index (χ2v) is 8.40. The monoisotopic (exact) mass is 484 g/mol. The van der Waals surface area contributed by atoms with Gasteiger partial charge in [0.25, 0.3) is 0 Å². The lowest BCUT2D eigenvalue weighted by atomic mass is 9.83. The molecule has 1 aromatic carbocycles. The highest BCUT2D eigenvalue weighted by Crippen LogP contribution is 2.46. The van der Waals surface area contributed by atoms with E-state index < -0.39 is 47.1 Å². The van der Waals surface area contributed by atoms with E-state index in [2.05, 4.69) is 15.5 Å². The molecule has 188 valence electrons. The number of nitrogens with one attached hydrogen (secondary N) is 1. The quantitative estimate of drug-likeness (QED) is 0.184. The topological polar surface area (TPSA) is 81.0 Å². The van der Waals surface area contributed by atoms with Crippen LogP contribution in [0, 0.1) is 11.6 Å². The van der Waals surface area contributed by atoms with Crippen molar-refractivity contribution < 1.29 is 27.8 Å². The van der Waals surface area contributed by atoms with E-state index in [1.165, 1.54) is 30.5 Å². The summed E-state index contributed by atoms with van der Waals surface area (Å²) in [5.41, 5.74) is -1.49. The molecule has 0 aliphatic rings. The fraction of sp³-hybridized carbons (Fsp3) is 0.500. The van der Waals surface area contributed by atoms with Gasteiger partial charge in [0.2, 0.25) is 0 Å². The molecule has 0 saturated heterocycles. The fourth-order valence-electron chi connectivity index (χ4n) is 3.47. The molecule has 6 nitrogen and oxygen atoms in total. The molecule has 0 fully saturated rings. The maximum Gasteiger partial charge on any atom is 0.323 e. The van der Waals surface area contributed by atoms with E-state index in [4.69, 9.17) is 0 Å². The number of aryl methyl sites for hydroxylation is 1. The SMILES string of the molecule is CCC(C)N(/C=N/NC)CC(O)(c1ccc(F)cc1F)C(F)(F)c1ccc(CCC(C)O)cn1. The first-order valence-electron chi connectivity index (χ1n) is 11.1. The van der Waals surface area contributed by atoms with E-state index in [0.29, 0.717) is 30.9 Å². The summed E-state index contributed by atoms with van der Waals surface area (Å²) >= 11 is 0. The second-order valence-electron chi connectivity index (χ2n) is 8.40. The van der Waals surface area contributed by atoms with Crippen LogP contribution >= 0.6 is 0 Å². The number of pyridine rings is 1. The Labute approximate surface area is 197 Å². The molecule has 10 heteroatoms. The summed E-state index contributed by atoms with van der Waals surface area (Å²) in [4.78, 5) is 5.21. The van der Waals surface area contributed by atoms with Gasteiger partial charge in [0.1, 0.15) is 23.7 Å². The summed E-state index contributed by atoms with van der Waals surface area (Å²) in [6, 6.07) is 4.26. The summed E-state index contributed by atoms with van der Waals surface area (Å²) in [7, 11) is 1.52. The minimum Gasteiger partial charge on any atom is -0.393 e. The number of benzene rings is 1. The van der Waals surface area contributed by atoms with Crippen LogP contribution in [0.15, 0.2) is 41.6 Å². The van der Waals surface area contributed by atoms with Crippen molar-refractivity contribution in [2.45, 2.75) is 63.7 Å². The van der Waals surface area contributed by atoms with Crippen LogP contribution in [0.2, 0.25) is 0 Å². The smallest absolute Gasteiger partial charge is 0.323 e. The number of halogens is 4. The Morgan fingerprint density at radius 2 is 1.91 bits per heavy atom. The standard InChI is InChI=1S/C24H32F4N4O2/c1-5-16(2)32(15-31-29-4)14-23(34,20-10-9-19(25)12-21(20)26)24(27,28)22-11-8-18(13-30-22)7-6-17(3)33/h8-13,15-17,29,33-34H,5-7,14H2,1-4H3/b31-15+. The van der Waals surface area contributed by atoms with Gasteiger partial charge in [0.05, 0.1) is 12.6 Å². The molecule has 2 aromatic rings. The van der Waals surface area contributed by atoms with E-state index in [1.54, 1.807) is 13.8 Å². The number of hydrogen-bond donors (Lipinski definition) is 3. The van der Waals surface area contributed by atoms with Crippen LogP contribution in [-0.2, 0) is 17.9 Å². The van der Waals surface area contributed by atoms with Gasteiger partial charge in [-0.25, -0.2) is 8.78 Å². The normalized spacial score (nSPS) is 15.7. The maximum atomic E-state index is 16.0. The maximum absolute atomic E-state index is 16.0. The summed E-state index contributed by atoms with van der Waals surface area (Å²) in [6.45, 7) is 4.45. The van der Waals surface area contributed by atoms with Crippen molar-refractivity contribution in [1.82, 2.24) is 15.3 Å². The van der Waals surface area contributed by atoms with Crippen LogP contribution in [0.25, 0.3) is 0 Å². The second kappa shape index (κ2) is 11.6. The molecule has 0 aliphatic heterocycles. The van der Waals surface area contributed by atoms with Crippen molar-refractivity contribution in [2.75, 3.05) is 13.6 Å². The van der Waals surface area contributed by atoms with Gasteiger partial charge in [-0.1, -0.05) is 13.0 Å². The van der Waals surface area contributed by atoms with E-state index in [9.17, 15) is 19.0 Å². The number of alkyl halides is 2. The number of aromatic nitrogens is 1. The lowest BCUT2D eigenvalue weighted by Gasteiger charge is -2.40. The molecule has 0 saturated carbocycles. The van der Waals surface area contributed by atoms with E-state index in [0.717, 1.165) is 18.2 Å². The van der Waals surface area contributed by atoms with Gasteiger partial charge >= 0.3 is 5.92 Å². The van der Waals surface area contributed by atoms with Gasteiger partial charge < -0.3 is 20.5 Å². The molecule has 1 heterocycles. The molecule has 0 amide bonds. The molecular formula is C24H32F4N4O2. The third-order valence-corrected chi connectivity index (χ3v) is 5.80. The van der Waals surface area contributed by atoms with Crippen molar-refractivity contribution in [3.8, 4) is 0 Å². The van der Waals surface area contributed by atoms with Crippen molar-refractivity contribution in [2.24, 2.45) is 5.10 Å². The third-order valence-electron chi connectivity index (χ3n) is 5.80. The molecule has 0 radical (unpaired) electrons. The van der Waals surface area contributed by atoms with Crippen LogP contribution in [0.1, 0.15) is 50.4 Å². The van der Waals surface area contributed by atoms with E-state index in [1.807, 2.05) is 6.92 Å². The first-order valence-corrected chi connectivity index (χ1v) is 11.1. The van der Waals surface area contributed by atoms with Crippen molar-refractivity contribution >= 4 is 6.34 Å². The molecule has 0 aliphatic carbocycles. The van der Waals surface area contributed by atoms with Crippen molar-refractivity contribution in [3.05, 3.63) is 65.0 Å². The van der Waals surface area contributed by atoms with Crippen LogP contribution in [0.5, 0.6) is 0 Å². The zero-order valence-electron chi connectivity index (χ0n) is 19.8. The van der Waals surface area contributed by atoms with Crippen molar-refractivity contribution in [1.29, 1.82) is 0 Å². The lowest BCUT2D eigenvalue weighted by Crippen LogP contribution is -2.53. The van der Waals surface area contributed by atoms with Gasteiger partial charge in [-0.3, -0.25) is 4.98 Å². The average Bonchev–Trinajstić information content (AvgIpc) is 2.79. The first kappa shape index (κ1) is 27.5. The average molecular weight is 485 g/mol. The Morgan fingerprint density at radius 1 is 1.21 bits per heavy atom. The molecule has 3 unspecified atom stereocenters. The molecule has 2 rings (SSSR count). The number of hydrazone groups is 1. The Bertz CT molecular complexity index is 956. The first-order chi connectivity index (χ1) is 16.0. The molecule has 0 spiro atoms. The minimum absolute atomic E-state index is 0.334. The zero-order valence-corrected chi connectivity index (χ0v) is 19.8. The minimum atomic E-state index is -4.06. The number of rotatable bonds is 12. The highest BCUT2D eigenvalue weighted by Gasteiger charge is 2.58. The molecule has 0 bridgehead atoms. The third kappa shape index (κ3) is 6.24. The molecule has 1 aromatic heterocycles. The predicted octanol–water partition coefficient (Wildman–Crippen LogP) is 3.92. The van der Waals surface area contributed by atoms with Gasteiger partial charge in [0, 0.05) is 30.9 Å². The van der Waals surface area contributed by atoms with Gasteiger partial charge in [-0.15, -0.1) is 0 Å². The molecule has 3 N–H and O–H groups in total. The number of hydrogen-bond acceptors (Lipinski definition) is 5. The Morgan fingerprint density at radius 3 is 2.44 bits per heavy atom. The fourth-order valence-corrected chi connectivity index (χ4v) is 3.47.